The molecular formula is C28H29N7O3. The maximum absolute atomic E-state index is 13.7. The molecule has 1 saturated carbocycles. The number of benzene rings is 1. The molecule has 38 heavy (non-hydrogen) atoms. The third-order valence-corrected chi connectivity index (χ3v) is 7.22. The molecule has 0 spiro atoms. The first-order valence-corrected chi connectivity index (χ1v) is 12.8. The number of nitrogens with zero attached hydrogens (tertiary/aromatic N) is 6. The van der Waals surface area contributed by atoms with Crippen molar-refractivity contribution >= 4 is 10.9 Å². The van der Waals surface area contributed by atoms with Gasteiger partial charge >= 0.3 is 0 Å². The molecule has 1 aliphatic rings. The number of ether oxygens (including phenoxy) is 1. The molecule has 10 heteroatoms. The molecule has 1 aliphatic carbocycles. The minimum atomic E-state index is -0.546. The SMILES string of the molecule is COc1ccc2[nH]c(=O)c([C@@H](c3nnnn3C3CCCC3)N(Cc3cccnc3)Cc3ccco3)cc2c1. The van der Waals surface area contributed by atoms with Gasteiger partial charge in [-0.05, 0) is 71.3 Å². The predicted octanol–water partition coefficient (Wildman–Crippen LogP) is 4.42. The summed E-state index contributed by atoms with van der Waals surface area (Å²) in [4.78, 5) is 23.2. The number of pyridine rings is 2. The first-order chi connectivity index (χ1) is 18.7. The van der Waals surface area contributed by atoms with E-state index in [1.807, 2.05) is 59.4 Å². The molecule has 0 saturated heterocycles. The molecule has 0 unspecified atom stereocenters. The highest BCUT2D eigenvalue weighted by atomic mass is 16.5. The number of aromatic amines is 1. The molecule has 0 bridgehead atoms. The Balaban J connectivity index is 1.53. The third kappa shape index (κ3) is 4.82. The van der Waals surface area contributed by atoms with Crippen molar-refractivity contribution in [3.05, 3.63) is 100 Å². The molecule has 10 nitrogen and oxygen atoms in total. The van der Waals surface area contributed by atoms with Crippen molar-refractivity contribution < 1.29 is 9.15 Å². The number of H-pyrrole nitrogens is 1. The normalized spacial score (nSPS) is 14.9. The quantitative estimate of drug-likeness (QED) is 0.309. The fourth-order valence-electron chi connectivity index (χ4n) is 5.39. The summed E-state index contributed by atoms with van der Waals surface area (Å²) in [6.07, 6.45) is 9.53. The zero-order valence-corrected chi connectivity index (χ0v) is 21.2. The number of furan rings is 1. The first kappa shape index (κ1) is 24.1. The number of rotatable bonds is 9. The highest BCUT2D eigenvalue weighted by Crippen LogP contribution is 2.35. The number of aromatic nitrogens is 6. The molecule has 1 atom stereocenters. The Morgan fingerprint density at radius 1 is 1.16 bits per heavy atom. The number of methoxy groups -OCH3 is 1. The van der Waals surface area contributed by atoms with Gasteiger partial charge in [-0.2, -0.15) is 0 Å². The fraction of sp³-hybridized carbons (Fsp3) is 0.321. The summed E-state index contributed by atoms with van der Waals surface area (Å²) in [5.74, 6) is 2.13. The molecule has 194 valence electrons. The van der Waals surface area contributed by atoms with Crippen LogP contribution in [0.2, 0.25) is 0 Å². The Labute approximate surface area is 219 Å². The average Bonchev–Trinajstić information content (AvgIpc) is 3.73. The lowest BCUT2D eigenvalue weighted by molar-refractivity contribution is 0.176. The molecule has 1 fully saturated rings. The zero-order chi connectivity index (χ0) is 25.9. The van der Waals surface area contributed by atoms with Crippen LogP contribution in [0.25, 0.3) is 10.9 Å². The second kappa shape index (κ2) is 10.6. The van der Waals surface area contributed by atoms with Crippen LogP contribution in [0.15, 0.2) is 76.4 Å². The van der Waals surface area contributed by atoms with Crippen LogP contribution in [0.3, 0.4) is 0 Å². The van der Waals surface area contributed by atoms with Crippen LogP contribution in [-0.4, -0.2) is 42.2 Å². The van der Waals surface area contributed by atoms with Gasteiger partial charge in [-0.25, -0.2) is 4.68 Å². The fourth-order valence-corrected chi connectivity index (χ4v) is 5.39. The second-order valence-electron chi connectivity index (χ2n) is 9.68. The van der Waals surface area contributed by atoms with Crippen molar-refractivity contribution in [2.45, 2.75) is 50.9 Å². The third-order valence-electron chi connectivity index (χ3n) is 7.22. The van der Waals surface area contributed by atoms with E-state index in [2.05, 4.69) is 30.4 Å². The van der Waals surface area contributed by atoms with E-state index < -0.39 is 6.04 Å². The van der Waals surface area contributed by atoms with Crippen molar-refractivity contribution in [2.24, 2.45) is 0 Å². The van der Waals surface area contributed by atoms with Crippen molar-refractivity contribution in [3.8, 4) is 5.75 Å². The molecule has 4 aromatic heterocycles. The van der Waals surface area contributed by atoms with Gasteiger partial charge in [-0.1, -0.05) is 18.9 Å². The zero-order valence-electron chi connectivity index (χ0n) is 21.2. The van der Waals surface area contributed by atoms with Crippen molar-refractivity contribution in [1.82, 2.24) is 35.1 Å². The van der Waals surface area contributed by atoms with E-state index in [1.54, 1.807) is 19.6 Å². The molecular weight excluding hydrogens is 482 g/mol. The molecule has 1 N–H and O–H groups in total. The van der Waals surface area contributed by atoms with Gasteiger partial charge in [0.05, 0.1) is 26.0 Å². The van der Waals surface area contributed by atoms with Gasteiger partial charge in [0.2, 0.25) is 0 Å². The van der Waals surface area contributed by atoms with Crippen LogP contribution < -0.4 is 10.3 Å². The minimum absolute atomic E-state index is 0.190. The molecule has 4 heterocycles. The van der Waals surface area contributed by atoms with Gasteiger partial charge in [-0.15, -0.1) is 5.10 Å². The molecule has 0 aliphatic heterocycles. The van der Waals surface area contributed by atoms with Crippen LogP contribution in [0.5, 0.6) is 5.75 Å². The van der Waals surface area contributed by atoms with Crippen LogP contribution in [0.1, 0.15) is 60.5 Å². The lowest BCUT2D eigenvalue weighted by atomic mass is 10.0. The summed E-state index contributed by atoms with van der Waals surface area (Å²) >= 11 is 0. The van der Waals surface area contributed by atoms with Crippen LogP contribution in [0, 0.1) is 0 Å². The van der Waals surface area contributed by atoms with Gasteiger partial charge in [0.25, 0.3) is 5.56 Å². The minimum Gasteiger partial charge on any atom is -0.497 e. The van der Waals surface area contributed by atoms with Crippen molar-refractivity contribution in [1.29, 1.82) is 0 Å². The standard InChI is InChI=1S/C28H29N7O3/c1-37-22-10-11-25-20(14-22)15-24(28(36)30-25)26(27-31-32-33-35(27)21-7-2-3-8-21)34(18-23-9-5-13-38-23)17-19-6-4-12-29-16-19/h4-6,9-16,21,26H,2-3,7-8,17-18H2,1H3,(H,30,36)/t26-/m0/s1. The molecule has 6 rings (SSSR count). The number of hydrogen-bond acceptors (Lipinski definition) is 8. The number of nitrogens with one attached hydrogen (secondary N) is 1. The molecule has 1 aromatic carbocycles. The summed E-state index contributed by atoms with van der Waals surface area (Å²) in [5, 5.41) is 13.9. The Morgan fingerprint density at radius 2 is 2.05 bits per heavy atom. The first-order valence-electron chi connectivity index (χ1n) is 12.8. The number of tetrazole rings is 1. The molecule has 5 aromatic rings. The Hall–Kier alpha value is -4.31. The van der Waals surface area contributed by atoms with Gasteiger partial charge < -0.3 is 14.1 Å². The Bertz CT molecular complexity index is 1560. The number of hydrogen-bond donors (Lipinski definition) is 1. The summed E-state index contributed by atoms with van der Waals surface area (Å²) < 4.78 is 13.1. The van der Waals surface area contributed by atoms with E-state index in [0.29, 0.717) is 30.2 Å². The smallest absolute Gasteiger partial charge is 0.253 e. The topological polar surface area (TPSA) is 115 Å². The monoisotopic (exact) mass is 511 g/mol. The van der Waals surface area contributed by atoms with Crippen LogP contribution >= 0.6 is 0 Å². The second-order valence-corrected chi connectivity index (χ2v) is 9.68. The summed E-state index contributed by atoms with van der Waals surface area (Å²) in [6.45, 7) is 0.950. The largest absolute Gasteiger partial charge is 0.497 e. The van der Waals surface area contributed by atoms with Crippen LogP contribution in [0.4, 0.5) is 0 Å². The Kier molecular flexibility index (Phi) is 6.70. The molecule has 0 amide bonds. The lowest BCUT2D eigenvalue weighted by Gasteiger charge is -2.31. The van der Waals surface area contributed by atoms with Crippen molar-refractivity contribution in [3.63, 3.8) is 0 Å². The van der Waals surface area contributed by atoms with Gasteiger partial charge in [0, 0.05) is 35.4 Å². The van der Waals surface area contributed by atoms with Crippen molar-refractivity contribution in [2.75, 3.05) is 7.11 Å². The van der Waals surface area contributed by atoms with E-state index >= 15 is 0 Å². The van der Waals surface area contributed by atoms with Gasteiger partial charge in [-0.3, -0.25) is 14.7 Å². The highest BCUT2D eigenvalue weighted by Gasteiger charge is 2.34. The van der Waals surface area contributed by atoms with E-state index in [9.17, 15) is 4.79 Å². The van der Waals surface area contributed by atoms with Crippen LogP contribution in [-0.2, 0) is 13.1 Å². The maximum Gasteiger partial charge on any atom is 0.253 e. The van der Waals surface area contributed by atoms with Gasteiger partial charge in [0.1, 0.15) is 17.6 Å². The summed E-state index contributed by atoms with van der Waals surface area (Å²) in [6, 6.07) is 14.9. The summed E-state index contributed by atoms with van der Waals surface area (Å²) in [7, 11) is 1.63. The van der Waals surface area contributed by atoms with Gasteiger partial charge in [0.15, 0.2) is 5.82 Å². The average molecular weight is 512 g/mol. The predicted molar refractivity (Wildman–Crippen MR) is 140 cm³/mol. The molecule has 0 radical (unpaired) electrons. The maximum atomic E-state index is 13.7. The van der Waals surface area contributed by atoms with E-state index in [1.165, 1.54) is 0 Å². The summed E-state index contributed by atoms with van der Waals surface area (Å²) in [5.41, 5.74) is 2.10. The lowest BCUT2D eigenvalue weighted by Crippen LogP contribution is -2.35. The Morgan fingerprint density at radius 3 is 2.82 bits per heavy atom. The van der Waals surface area contributed by atoms with E-state index in [-0.39, 0.29) is 11.6 Å². The highest BCUT2D eigenvalue weighted by molar-refractivity contribution is 5.80. The number of fused-ring (bicyclic) bond motifs is 1. The van der Waals surface area contributed by atoms with E-state index in [0.717, 1.165) is 47.9 Å². The van der Waals surface area contributed by atoms with E-state index in [4.69, 9.17) is 9.15 Å².